The van der Waals surface area contributed by atoms with Gasteiger partial charge in [0.15, 0.2) is 5.16 Å². The van der Waals surface area contributed by atoms with E-state index in [0.717, 1.165) is 17.3 Å². The lowest BCUT2D eigenvalue weighted by Gasteiger charge is -2.14. The van der Waals surface area contributed by atoms with Gasteiger partial charge in [0.1, 0.15) is 5.75 Å². The second-order valence-corrected chi connectivity index (χ2v) is 8.87. The molecule has 4 rings (SSSR count). The zero-order chi connectivity index (χ0) is 23.5. The topological polar surface area (TPSA) is 73.2 Å². The van der Waals surface area contributed by atoms with Crippen LogP contribution in [0, 0.1) is 6.92 Å². The predicted molar refractivity (Wildman–Crippen MR) is 134 cm³/mol. The number of aromatic nitrogens is 2. The van der Waals surface area contributed by atoms with Crippen LogP contribution in [0.2, 0.25) is 10.0 Å². The van der Waals surface area contributed by atoms with E-state index in [1.165, 1.54) is 4.57 Å². The van der Waals surface area contributed by atoms with Crippen LogP contribution in [0.15, 0.2) is 70.6 Å². The van der Waals surface area contributed by atoms with E-state index in [1.807, 2.05) is 13.0 Å². The summed E-state index contributed by atoms with van der Waals surface area (Å²) in [6.07, 6.45) is 0. The number of benzene rings is 3. The van der Waals surface area contributed by atoms with Crippen LogP contribution < -0.4 is 15.6 Å². The Morgan fingerprint density at radius 3 is 2.70 bits per heavy atom. The average Bonchev–Trinajstić information content (AvgIpc) is 2.83. The standard InChI is InChI=1S/C24H19Cl2N3O3S/c1-14-10-11-18(25)22(21(14)26)28-20(30)13-33-24-27-19-9-4-3-8-17(19)23(31)29(24)15-6-5-7-16(12-15)32-2/h3-12H,13H2,1-2H3,(H,28,30). The molecule has 6 nitrogen and oxygen atoms in total. The molecule has 0 atom stereocenters. The summed E-state index contributed by atoms with van der Waals surface area (Å²) in [5, 5.41) is 4.35. The number of carbonyl (C=O) groups excluding carboxylic acids is 1. The number of hydrogen-bond donors (Lipinski definition) is 1. The first-order valence-electron chi connectivity index (χ1n) is 9.92. The average molecular weight is 500 g/mol. The van der Waals surface area contributed by atoms with Crippen LogP contribution in [-0.4, -0.2) is 28.3 Å². The smallest absolute Gasteiger partial charge is 0.266 e. The number of nitrogens with one attached hydrogen (secondary N) is 1. The van der Waals surface area contributed by atoms with Crippen molar-refractivity contribution in [1.82, 2.24) is 9.55 Å². The van der Waals surface area contributed by atoms with Crippen molar-refractivity contribution in [1.29, 1.82) is 0 Å². The molecular weight excluding hydrogens is 481 g/mol. The molecule has 0 aliphatic heterocycles. The van der Waals surface area contributed by atoms with Gasteiger partial charge in [-0.3, -0.25) is 14.2 Å². The Kier molecular flexibility index (Phi) is 6.93. The second-order valence-electron chi connectivity index (χ2n) is 7.14. The van der Waals surface area contributed by atoms with E-state index in [1.54, 1.807) is 61.7 Å². The van der Waals surface area contributed by atoms with E-state index in [9.17, 15) is 9.59 Å². The first-order valence-corrected chi connectivity index (χ1v) is 11.7. The fourth-order valence-corrected chi connectivity index (χ4v) is 4.54. The Balaban J connectivity index is 1.69. The molecule has 0 unspecified atom stereocenters. The van der Waals surface area contributed by atoms with Gasteiger partial charge in [-0.25, -0.2) is 4.98 Å². The second kappa shape index (κ2) is 9.87. The van der Waals surface area contributed by atoms with Crippen molar-refractivity contribution in [3.8, 4) is 11.4 Å². The summed E-state index contributed by atoms with van der Waals surface area (Å²) in [4.78, 5) is 30.7. The summed E-state index contributed by atoms with van der Waals surface area (Å²) in [5.41, 5.74) is 2.06. The first kappa shape index (κ1) is 23.2. The number of rotatable bonds is 6. The molecule has 0 bridgehead atoms. The number of fused-ring (bicyclic) bond motifs is 1. The number of para-hydroxylation sites is 1. The molecular formula is C24H19Cl2N3O3S. The van der Waals surface area contributed by atoms with Crippen LogP contribution in [0.5, 0.6) is 5.75 Å². The maximum Gasteiger partial charge on any atom is 0.266 e. The van der Waals surface area contributed by atoms with Crippen LogP contribution in [0.25, 0.3) is 16.6 Å². The maximum atomic E-state index is 13.3. The van der Waals surface area contributed by atoms with Gasteiger partial charge in [-0.15, -0.1) is 0 Å². The number of anilines is 1. The highest BCUT2D eigenvalue weighted by Gasteiger charge is 2.17. The Morgan fingerprint density at radius 1 is 1.12 bits per heavy atom. The number of amides is 1. The molecule has 1 N–H and O–H groups in total. The number of halogens is 2. The Bertz CT molecular complexity index is 1420. The summed E-state index contributed by atoms with van der Waals surface area (Å²) in [6.45, 7) is 1.83. The Labute approximate surface area is 204 Å². The lowest BCUT2D eigenvalue weighted by molar-refractivity contribution is -0.113. The van der Waals surface area contributed by atoms with Gasteiger partial charge in [0.25, 0.3) is 5.56 Å². The van der Waals surface area contributed by atoms with E-state index in [0.29, 0.717) is 43.2 Å². The molecule has 33 heavy (non-hydrogen) atoms. The van der Waals surface area contributed by atoms with Crippen molar-refractivity contribution < 1.29 is 9.53 Å². The van der Waals surface area contributed by atoms with Crippen LogP contribution in [-0.2, 0) is 4.79 Å². The van der Waals surface area contributed by atoms with Crippen LogP contribution in [0.3, 0.4) is 0 Å². The van der Waals surface area contributed by atoms with Gasteiger partial charge in [-0.05, 0) is 42.8 Å². The molecule has 1 heterocycles. The van der Waals surface area contributed by atoms with Gasteiger partial charge in [0.05, 0.1) is 45.2 Å². The number of thioether (sulfide) groups is 1. The van der Waals surface area contributed by atoms with Gasteiger partial charge in [0.2, 0.25) is 5.91 Å². The molecule has 0 aliphatic rings. The van der Waals surface area contributed by atoms with Gasteiger partial charge in [0, 0.05) is 6.07 Å². The monoisotopic (exact) mass is 499 g/mol. The summed E-state index contributed by atoms with van der Waals surface area (Å²) in [7, 11) is 1.56. The molecule has 0 saturated heterocycles. The van der Waals surface area contributed by atoms with Gasteiger partial charge < -0.3 is 10.1 Å². The summed E-state index contributed by atoms with van der Waals surface area (Å²) in [6, 6.07) is 17.7. The van der Waals surface area contributed by atoms with Gasteiger partial charge in [-0.1, -0.05) is 59.2 Å². The molecule has 0 aliphatic carbocycles. The quantitative estimate of drug-likeness (QED) is 0.270. The highest BCUT2D eigenvalue weighted by molar-refractivity contribution is 7.99. The minimum Gasteiger partial charge on any atom is -0.497 e. The van der Waals surface area contributed by atoms with Crippen molar-refractivity contribution >= 4 is 57.5 Å². The molecule has 0 fully saturated rings. The minimum absolute atomic E-state index is 0.00461. The minimum atomic E-state index is -0.325. The number of ether oxygens (including phenoxy) is 1. The maximum absolute atomic E-state index is 13.3. The number of hydrogen-bond acceptors (Lipinski definition) is 5. The predicted octanol–water partition coefficient (Wildman–Crippen LogP) is 5.74. The van der Waals surface area contributed by atoms with Crippen molar-refractivity contribution in [2.45, 2.75) is 12.1 Å². The highest BCUT2D eigenvalue weighted by atomic mass is 35.5. The SMILES string of the molecule is COc1cccc(-n2c(SCC(=O)Nc3c(Cl)ccc(C)c3Cl)nc3ccccc3c2=O)c1. The third kappa shape index (κ3) is 4.85. The zero-order valence-electron chi connectivity index (χ0n) is 17.8. The summed E-state index contributed by atoms with van der Waals surface area (Å²) in [5.74, 6) is 0.272. The van der Waals surface area contributed by atoms with E-state index >= 15 is 0 Å². The fraction of sp³-hybridized carbons (Fsp3) is 0.125. The van der Waals surface area contributed by atoms with Gasteiger partial charge >= 0.3 is 0 Å². The molecule has 168 valence electrons. The largest absolute Gasteiger partial charge is 0.497 e. The van der Waals surface area contributed by atoms with Crippen LogP contribution >= 0.6 is 35.0 Å². The summed E-state index contributed by atoms with van der Waals surface area (Å²) < 4.78 is 6.79. The molecule has 4 aromatic rings. The van der Waals surface area contributed by atoms with Crippen LogP contribution in [0.1, 0.15) is 5.56 Å². The lowest BCUT2D eigenvalue weighted by atomic mass is 10.2. The number of methoxy groups -OCH3 is 1. The Hall–Kier alpha value is -3.00. The third-order valence-electron chi connectivity index (χ3n) is 4.94. The molecule has 1 amide bonds. The number of aryl methyl sites for hydroxylation is 1. The highest BCUT2D eigenvalue weighted by Crippen LogP contribution is 2.33. The van der Waals surface area contributed by atoms with E-state index in [4.69, 9.17) is 27.9 Å². The normalized spacial score (nSPS) is 10.9. The molecule has 9 heteroatoms. The van der Waals surface area contributed by atoms with Crippen molar-refractivity contribution in [3.63, 3.8) is 0 Å². The number of nitrogens with zero attached hydrogens (tertiary/aromatic N) is 2. The van der Waals surface area contributed by atoms with Crippen LogP contribution in [0.4, 0.5) is 5.69 Å². The fourth-order valence-electron chi connectivity index (χ4n) is 3.26. The zero-order valence-corrected chi connectivity index (χ0v) is 20.1. The Morgan fingerprint density at radius 2 is 1.91 bits per heavy atom. The third-order valence-corrected chi connectivity index (χ3v) is 6.68. The molecule has 1 aromatic heterocycles. The summed E-state index contributed by atoms with van der Waals surface area (Å²) >= 11 is 13.7. The lowest BCUT2D eigenvalue weighted by Crippen LogP contribution is -2.23. The van der Waals surface area contributed by atoms with Crippen molar-refractivity contribution in [3.05, 3.63) is 86.6 Å². The first-order chi connectivity index (χ1) is 15.9. The molecule has 0 saturated carbocycles. The van der Waals surface area contributed by atoms with E-state index < -0.39 is 0 Å². The van der Waals surface area contributed by atoms with E-state index in [2.05, 4.69) is 10.3 Å². The van der Waals surface area contributed by atoms with Crippen molar-refractivity contribution in [2.24, 2.45) is 0 Å². The number of carbonyl (C=O) groups is 1. The molecule has 0 spiro atoms. The molecule has 3 aromatic carbocycles. The van der Waals surface area contributed by atoms with Crippen molar-refractivity contribution in [2.75, 3.05) is 18.2 Å². The van der Waals surface area contributed by atoms with E-state index in [-0.39, 0.29) is 17.2 Å². The van der Waals surface area contributed by atoms with Gasteiger partial charge in [-0.2, -0.15) is 0 Å². The molecule has 0 radical (unpaired) electrons.